The van der Waals surface area contributed by atoms with Crippen molar-refractivity contribution in [2.75, 3.05) is 36.0 Å². The molecule has 1 spiro atoms. The molecule has 3 aliphatic rings. The van der Waals surface area contributed by atoms with Crippen LogP contribution in [0.15, 0.2) is 43.0 Å². The number of amides is 2. The van der Waals surface area contributed by atoms with E-state index in [1.54, 1.807) is 35.4 Å². The maximum absolute atomic E-state index is 13.2. The molecule has 34 heavy (non-hydrogen) atoms. The Kier molecular flexibility index (Phi) is 4.55. The molecule has 6 rings (SSSR count). The maximum Gasteiger partial charge on any atom is 0.259 e. The normalized spacial score (nSPS) is 20.4. The standard InChI is InChI=1S/C25H25ClN6O2/c1-15-21(30-11-25(12-30)13-31(14-25)23(33)17-7-28-29(3)10-17)8-27-9-22(15)32-16(2)20-6-18(26)4-5-19(20)24(32)34/h4-10,16H,11-14H2,1-3H3/t16-/m0/s1. The highest BCUT2D eigenvalue weighted by molar-refractivity contribution is 6.31. The highest BCUT2D eigenvalue weighted by Gasteiger charge is 2.53. The number of hydrogen-bond donors (Lipinski definition) is 0. The molecular weight excluding hydrogens is 452 g/mol. The third-order valence-electron chi connectivity index (χ3n) is 7.41. The lowest BCUT2D eigenvalue weighted by Crippen LogP contribution is -2.73. The Morgan fingerprint density at radius 1 is 1.12 bits per heavy atom. The zero-order valence-electron chi connectivity index (χ0n) is 19.3. The van der Waals surface area contributed by atoms with Gasteiger partial charge in [-0.1, -0.05) is 11.6 Å². The predicted molar refractivity (Wildman–Crippen MR) is 129 cm³/mol. The van der Waals surface area contributed by atoms with Gasteiger partial charge >= 0.3 is 0 Å². The summed E-state index contributed by atoms with van der Waals surface area (Å²) in [5.41, 5.74) is 5.29. The molecule has 0 radical (unpaired) electrons. The lowest BCUT2D eigenvalue weighted by atomic mass is 9.72. The van der Waals surface area contributed by atoms with Crippen LogP contribution >= 0.6 is 11.6 Å². The Balaban J connectivity index is 1.17. The Morgan fingerprint density at radius 3 is 2.56 bits per heavy atom. The first kappa shape index (κ1) is 21.2. The van der Waals surface area contributed by atoms with Gasteiger partial charge in [0, 0.05) is 55.4 Å². The fourth-order valence-electron chi connectivity index (χ4n) is 5.66. The summed E-state index contributed by atoms with van der Waals surface area (Å²) >= 11 is 6.19. The number of likely N-dealkylation sites (tertiary alicyclic amines) is 1. The van der Waals surface area contributed by atoms with Gasteiger partial charge in [-0.3, -0.25) is 24.2 Å². The van der Waals surface area contributed by atoms with E-state index in [4.69, 9.17) is 11.6 Å². The minimum Gasteiger partial charge on any atom is -0.368 e. The van der Waals surface area contributed by atoms with Gasteiger partial charge in [0.1, 0.15) is 0 Å². The number of aromatic nitrogens is 3. The minimum atomic E-state index is -0.113. The number of rotatable bonds is 3. The number of carbonyl (C=O) groups is 2. The van der Waals surface area contributed by atoms with Crippen molar-refractivity contribution in [3.05, 3.63) is 70.3 Å². The summed E-state index contributed by atoms with van der Waals surface area (Å²) in [7, 11) is 1.81. The van der Waals surface area contributed by atoms with E-state index in [9.17, 15) is 9.59 Å². The van der Waals surface area contributed by atoms with Crippen LogP contribution in [0, 0.1) is 12.3 Å². The van der Waals surface area contributed by atoms with Crippen molar-refractivity contribution in [2.24, 2.45) is 12.5 Å². The van der Waals surface area contributed by atoms with Crippen molar-refractivity contribution in [3.63, 3.8) is 0 Å². The Bertz CT molecular complexity index is 1340. The van der Waals surface area contributed by atoms with Crippen LogP contribution in [0.5, 0.6) is 0 Å². The molecule has 3 aliphatic heterocycles. The molecule has 5 heterocycles. The van der Waals surface area contributed by atoms with Crippen LogP contribution in [0.3, 0.4) is 0 Å². The lowest BCUT2D eigenvalue weighted by Gasteiger charge is -2.61. The van der Waals surface area contributed by atoms with E-state index in [0.29, 0.717) is 16.1 Å². The molecule has 9 heteroatoms. The number of pyridine rings is 1. The molecule has 3 aromatic rings. The molecule has 2 saturated heterocycles. The zero-order valence-corrected chi connectivity index (χ0v) is 20.1. The zero-order chi connectivity index (χ0) is 23.8. The van der Waals surface area contributed by atoms with Crippen LogP contribution in [-0.4, -0.2) is 57.7 Å². The van der Waals surface area contributed by atoms with Gasteiger partial charge in [-0.05, 0) is 43.2 Å². The summed E-state index contributed by atoms with van der Waals surface area (Å²) in [5.74, 6) is 0.0167. The summed E-state index contributed by atoms with van der Waals surface area (Å²) in [6, 6.07) is 5.33. The third kappa shape index (κ3) is 3.05. The summed E-state index contributed by atoms with van der Waals surface area (Å²) < 4.78 is 1.65. The highest BCUT2D eigenvalue weighted by Crippen LogP contribution is 2.46. The first-order chi connectivity index (χ1) is 16.3. The molecule has 1 aromatic carbocycles. The van der Waals surface area contributed by atoms with Crippen molar-refractivity contribution in [2.45, 2.75) is 19.9 Å². The summed E-state index contributed by atoms with van der Waals surface area (Å²) in [6.07, 6.45) is 7.02. The molecule has 2 aromatic heterocycles. The van der Waals surface area contributed by atoms with E-state index in [0.717, 1.165) is 48.7 Å². The van der Waals surface area contributed by atoms with Gasteiger partial charge < -0.3 is 9.80 Å². The smallest absolute Gasteiger partial charge is 0.259 e. The van der Waals surface area contributed by atoms with Crippen LogP contribution in [0.25, 0.3) is 0 Å². The van der Waals surface area contributed by atoms with Crippen LogP contribution in [0.1, 0.15) is 44.8 Å². The van der Waals surface area contributed by atoms with Crippen LogP contribution < -0.4 is 9.80 Å². The second kappa shape index (κ2) is 7.30. The molecule has 1 atom stereocenters. The van der Waals surface area contributed by atoms with Crippen molar-refractivity contribution in [1.82, 2.24) is 19.7 Å². The van der Waals surface area contributed by atoms with Crippen LogP contribution in [0.2, 0.25) is 5.02 Å². The van der Waals surface area contributed by atoms with E-state index in [-0.39, 0.29) is 23.3 Å². The first-order valence-corrected chi connectivity index (χ1v) is 11.7. The largest absolute Gasteiger partial charge is 0.368 e. The van der Waals surface area contributed by atoms with Gasteiger partial charge in [0.25, 0.3) is 11.8 Å². The van der Waals surface area contributed by atoms with Crippen molar-refractivity contribution >= 4 is 34.8 Å². The number of carbonyl (C=O) groups excluding carboxylic acids is 2. The minimum absolute atomic E-state index is 0.0233. The van der Waals surface area contributed by atoms with Gasteiger partial charge in [-0.2, -0.15) is 5.10 Å². The van der Waals surface area contributed by atoms with Crippen molar-refractivity contribution in [3.8, 4) is 0 Å². The summed E-state index contributed by atoms with van der Waals surface area (Å²) in [5, 5.41) is 4.73. The molecule has 2 fully saturated rings. The van der Waals surface area contributed by atoms with Gasteiger partial charge in [-0.25, -0.2) is 0 Å². The Hall–Kier alpha value is -3.39. The van der Waals surface area contributed by atoms with Crippen LogP contribution in [0.4, 0.5) is 11.4 Å². The van der Waals surface area contributed by atoms with Crippen molar-refractivity contribution in [1.29, 1.82) is 0 Å². The van der Waals surface area contributed by atoms with E-state index in [1.807, 2.05) is 43.0 Å². The number of halogens is 1. The molecule has 0 aliphatic carbocycles. The topological polar surface area (TPSA) is 74.6 Å². The molecule has 0 bridgehead atoms. The number of fused-ring (bicyclic) bond motifs is 1. The lowest BCUT2D eigenvalue weighted by molar-refractivity contribution is -0.0105. The average molecular weight is 477 g/mol. The first-order valence-electron chi connectivity index (χ1n) is 11.4. The van der Waals surface area contributed by atoms with E-state index >= 15 is 0 Å². The monoisotopic (exact) mass is 476 g/mol. The van der Waals surface area contributed by atoms with E-state index in [2.05, 4.69) is 15.0 Å². The van der Waals surface area contributed by atoms with Gasteiger partial charge in [0.15, 0.2) is 0 Å². The SMILES string of the molecule is Cc1c(N2CC3(CN(C(=O)c4cnn(C)c4)C3)C2)cncc1N1C(=O)c2ccc(Cl)cc2[C@@H]1C. The van der Waals surface area contributed by atoms with E-state index < -0.39 is 0 Å². The fraction of sp³-hybridized carbons (Fsp3) is 0.360. The average Bonchev–Trinajstić information content (AvgIpc) is 3.28. The summed E-state index contributed by atoms with van der Waals surface area (Å²) in [6.45, 7) is 7.31. The van der Waals surface area contributed by atoms with Crippen LogP contribution in [-0.2, 0) is 7.05 Å². The number of anilines is 2. The van der Waals surface area contributed by atoms with Crippen molar-refractivity contribution < 1.29 is 9.59 Å². The molecule has 0 saturated carbocycles. The maximum atomic E-state index is 13.2. The number of hydrogen-bond acceptors (Lipinski definition) is 5. The second-order valence-electron chi connectivity index (χ2n) is 9.81. The molecule has 8 nitrogen and oxygen atoms in total. The molecule has 0 unspecified atom stereocenters. The van der Waals surface area contributed by atoms with Gasteiger partial charge in [-0.15, -0.1) is 0 Å². The number of nitrogens with zero attached hydrogens (tertiary/aromatic N) is 6. The van der Waals surface area contributed by atoms with Gasteiger partial charge in [0.05, 0.1) is 41.6 Å². The highest BCUT2D eigenvalue weighted by atomic mass is 35.5. The quantitative estimate of drug-likeness (QED) is 0.578. The molecule has 174 valence electrons. The fourth-order valence-corrected chi connectivity index (χ4v) is 5.84. The number of aryl methyl sites for hydroxylation is 1. The molecule has 2 amide bonds. The predicted octanol–water partition coefficient (Wildman–Crippen LogP) is 3.46. The Labute approximate surface area is 202 Å². The van der Waals surface area contributed by atoms with E-state index in [1.165, 1.54) is 0 Å². The third-order valence-corrected chi connectivity index (χ3v) is 7.64. The molecular formula is C25H25ClN6O2. The summed E-state index contributed by atoms with van der Waals surface area (Å²) in [4.78, 5) is 36.3. The Morgan fingerprint density at radius 2 is 1.85 bits per heavy atom. The number of benzene rings is 1. The second-order valence-corrected chi connectivity index (χ2v) is 10.2. The van der Waals surface area contributed by atoms with Gasteiger partial charge in [0.2, 0.25) is 0 Å². The molecule has 0 N–H and O–H groups in total.